The lowest BCUT2D eigenvalue weighted by molar-refractivity contribution is 0.177. The molecule has 1 atom stereocenters. The number of aliphatic hydroxyl groups excluding tert-OH is 1. The van der Waals surface area contributed by atoms with Gasteiger partial charge in [0.1, 0.15) is 5.82 Å². The highest BCUT2D eigenvalue weighted by molar-refractivity contribution is 5.22. The first kappa shape index (κ1) is 12.6. The molecule has 0 amide bonds. The maximum Gasteiger partial charge on any atom is 0.159 e. The van der Waals surface area contributed by atoms with Crippen molar-refractivity contribution in [3.8, 4) is 0 Å². The van der Waals surface area contributed by atoms with Crippen molar-refractivity contribution >= 4 is 0 Å². The Hall–Kier alpha value is -1.88. The molecule has 0 saturated carbocycles. The summed E-state index contributed by atoms with van der Waals surface area (Å²) in [5, 5.41) is 9.84. The van der Waals surface area contributed by atoms with Gasteiger partial charge in [-0.1, -0.05) is 6.07 Å². The first-order valence-electron chi connectivity index (χ1n) is 5.28. The number of nitrogens with zero attached hydrogens (tertiary/aromatic N) is 1. The van der Waals surface area contributed by atoms with Crippen molar-refractivity contribution in [3.05, 3.63) is 65.2 Å². The third kappa shape index (κ3) is 2.87. The van der Waals surface area contributed by atoms with Gasteiger partial charge in [0, 0.05) is 18.2 Å². The molecule has 5 heteroatoms. The van der Waals surface area contributed by atoms with E-state index in [9.17, 15) is 18.3 Å². The van der Waals surface area contributed by atoms with Crippen molar-refractivity contribution in [3.63, 3.8) is 0 Å². The summed E-state index contributed by atoms with van der Waals surface area (Å²) >= 11 is 0. The summed E-state index contributed by atoms with van der Waals surface area (Å²) < 4.78 is 38.6. The molecule has 1 heterocycles. The number of pyridine rings is 1. The molecule has 0 aliphatic heterocycles. The van der Waals surface area contributed by atoms with Gasteiger partial charge in [-0.05, 0) is 23.8 Å². The molecule has 0 radical (unpaired) electrons. The van der Waals surface area contributed by atoms with E-state index >= 15 is 0 Å². The minimum atomic E-state index is -1.02. The Bertz CT molecular complexity index is 560. The van der Waals surface area contributed by atoms with Crippen molar-refractivity contribution in [2.75, 3.05) is 0 Å². The van der Waals surface area contributed by atoms with Crippen molar-refractivity contribution in [1.82, 2.24) is 4.98 Å². The molecular formula is C13H10F3NO. The van der Waals surface area contributed by atoms with Gasteiger partial charge in [-0.3, -0.25) is 4.98 Å². The van der Waals surface area contributed by atoms with Gasteiger partial charge in [0.15, 0.2) is 11.6 Å². The number of halogens is 3. The van der Waals surface area contributed by atoms with Crippen LogP contribution in [-0.2, 0) is 6.42 Å². The smallest absolute Gasteiger partial charge is 0.159 e. The number of benzene rings is 1. The molecule has 0 spiro atoms. The third-order valence-electron chi connectivity index (χ3n) is 2.52. The molecule has 2 nitrogen and oxygen atoms in total. The fourth-order valence-corrected chi connectivity index (χ4v) is 1.62. The second-order valence-corrected chi connectivity index (χ2v) is 3.90. The van der Waals surface area contributed by atoms with Crippen molar-refractivity contribution < 1.29 is 18.3 Å². The van der Waals surface area contributed by atoms with Crippen LogP contribution in [0.2, 0.25) is 0 Å². The molecule has 0 aliphatic rings. The Morgan fingerprint density at radius 2 is 1.83 bits per heavy atom. The average molecular weight is 253 g/mol. The fraction of sp³-hybridized carbons (Fsp3) is 0.154. The first-order chi connectivity index (χ1) is 8.56. The summed E-state index contributed by atoms with van der Waals surface area (Å²) in [5.41, 5.74) is 0.713. The Kier molecular flexibility index (Phi) is 3.62. The lowest BCUT2D eigenvalue weighted by Crippen LogP contribution is -2.03. The van der Waals surface area contributed by atoms with Crippen LogP contribution in [0.25, 0.3) is 0 Å². The van der Waals surface area contributed by atoms with Gasteiger partial charge >= 0.3 is 0 Å². The monoisotopic (exact) mass is 253 g/mol. The SMILES string of the molecule is OC(Cc1ccc(F)c(F)c1)c1cncc(F)c1. The van der Waals surface area contributed by atoms with Gasteiger partial charge in [-0.25, -0.2) is 13.2 Å². The van der Waals surface area contributed by atoms with Gasteiger partial charge in [0.05, 0.1) is 12.3 Å². The number of aromatic nitrogens is 1. The molecule has 1 aromatic carbocycles. The number of aliphatic hydroxyl groups is 1. The molecule has 1 aromatic heterocycles. The molecule has 0 bridgehead atoms. The minimum absolute atomic E-state index is 0.0579. The molecule has 1 N–H and O–H groups in total. The molecule has 0 saturated heterocycles. The predicted molar refractivity (Wildman–Crippen MR) is 59.2 cm³/mol. The van der Waals surface area contributed by atoms with Crippen LogP contribution in [-0.4, -0.2) is 10.1 Å². The molecular weight excluding hydrogens is 243 g/mol. The second-order valence-electron chi connectivity index (χ2n) is 3.90. The van der Waals surface area contributed by atoms with Crippen LogP contribution in [0.4, 0.5) is 13.2 Å². The first-order valence-corrected chi connectivity index (χ1v) is 5.28. The lowest BCUT2D eigenvalue weighted by atomic mass is 10.0. The van der Waals surface area contributed by atoms with Crippen LogP contribution in [0.5, 0.6) is 0 Å². The third-order valence-corrected chi connectivity index (χ3v) is 2.52. The summed E-state index contributed by atoms with van der Waals surface area (Å²) in [6.45, 7) is 0. The summed E-state index contributed by atoms with van der Waals surface area (Å²) in [4.78, 5) is 3.61. The van der Waals surface area contributed by atoms with Crippen LogP contribution in [0.15, 0.2) is 36.7 Å². The largest absolute Gasteiger partial charge is 0.388 e. The lowest BCUT2D eigenvalue weighted by Gasteiger charge is -2.10. The topological polar surface area (TPSA) is 33.1 Å². The second kappa shape index (κ2) is 5.18. The van der Waals surface area contributed by atoms with E-state index in [-0.39, 0.29) is 6.42 Å². The standard InChI is InChI=1S/C13H10F3NO/c14-10-5-9(6-17-7-10)13(18)4-8-1-2-11(15)12(16)3-8/h1-3,5-7,13,18H,4H2. The van der Waals surface area contributed by atoms with Crippen LogP contribution in [0, 0.1) is 17.5 Å². The van der Waals surface area contributed by atoms with E-state index in [4.69, 9.17) is 0 Å². The van der Waals surface area contributed by atoms with Crippen LogP contribution in [0.1, 0.15) is 17.2 Å². The van der Waals surface area contributed by atoms with Crippen LogP contribution < -0.4 is 0 Å². The number of rotatable bonds is 3. The Morgan fingerprint density at radius 1 is 1.06 bits per heavy atom. The summed E-state index contributed by atoms with van der Waals surface area (Å²) in [6, 6.07) is 4.51. The van der Waals surface area contributed by atoms with Gasteiger partial charge in [-0.15, -0.1) is 0 Å². The van der Waals surface area contributed by atoms with E-state index in [0.717, 1.165) is 24.4 Å². The minimum Gasteiger partial charge on any atom is -0.388 e. The van der Waals surface area contributed by atoms with E-state index in [1.807, 2.05) is 0 Å². The molecule has 0 fully saturated rings. The summed E-state index contributed by atoms with van der Waals surface area (Å²) in [7, 11) is 0. The van der Waals surface area contributed by atoms with Crippen molar-refractivity contribution in [2.24, 2.45) is 0 Å². The zero-order chi connectivity index (χ0) is 13.1. The Morgan fingerprint density at radius 3 is 2.50 bits per heavy atom. The van der Waals surface area contributed by atoms with Crippen LogP contribution in [0.3, 0.4) is 0 Å². The van der Waals surface area contributed by atoms with E-state index in [1.165, 1.54) is 12.3 Å². The van der Waals surface area contributed by atoms with Crippen molar-refractivity contribution in [2.45, 2.75) is 12.5 Å². The Balaban J connectivity index is 2.16. The van der Waals surface area contributed by atoms with Gasteiger partial charge in [0.2, 0.25) is 0 Å². The number of hydrogen-bond donors (Lipinski definition) is 1. The maximum atomic E-state index is 13.0. The molecule has 0 aliphatic carbocycles. The van der Waals surface area contributed by atoms with Crippen LogP contribution >= 0.6 is 0 Å². The Labute approximate surface area is 102 Å². The zero-order valence-electron chi connectivity index (χ0n) is 9.28. The van der Waals surface area contributed by atoms with E-state index < -0.39 is 23.6 Å². The highest BCUT2D eigenvalue weighted by Crippen LogP contribution is 2.19. The highest BCUT2D eigenvalue weighted by atomic mass is 19.2. The molecule has 2 aromatic rings. The normalized spacial score (nSPS) is 12.4. The van der Waals surface area contributed by atoms with Gasteiger partial charge < -0.3 is 5.11 Å². The summed E-state index contributed by atoms with van der Waals surface area (Å²) in [5.74, 6) is -2.48. The van der Waals surface area contributed by atoms with E-state index in [2.05, 4.69) is 4.98 Å². The number of hydrogen-bond acceptors (Lipinski definition) is 2. The predicted octanol–water partition coefficient (Wildman–Crippen LogP) is 2.78. The quantitative estimate of drug-likeness (QED) is 0.912. The van der Waals surface area contributed by atoms with Gasteiger partial charge in [0.25, 0.3) is 0 Å². The molecule has 94 valence electrons. The molecule has 18 heavy (non-hydrogen) atoms. The van der Waals surface area contributed by atoms with E-state index in [1.54, 1.807) is 0 Å². The average Bonchev–Trinajstić information content (AvgIpc) is 2.34. The highest BCUT2D eigenvalue weighted by Gasteiger charge is 2.11. The molecule has 2 rings (SSSR count). The van der Waals surface area contributed by atoms with E-state index in [0.29, 0.717) is 11.1 Å². The fourth-order valence-electron chi connectivity index (χ4n) is 1.62. The maximum absolute atomic E-state index is 13.0. The zero-order valence-corrected chi connectivity index (χ0v) is 9.28. The molecule has 1 unspecified atom stereocenters. The van der Waals surface area contributed by atoms with Gasteiger partial charge in [-0.2, -0.15) is 0 Å². The van der Waals surface area contributed by atoms with Crippen molar-refractivity contribution in [1.29, 1.82) is 0 Å². The summed E-state index contributed by atoms with van der Waals surface area (Å²) in [6.07, 6.45) is 1.39.